The summed E-state index contributed by atoms with van der Waals surface area (Å²) in [5.74, 6) is -1.19. The second-order valence-electron chi connectivity index (χ2n) is 9.31. The Morgan fingerprint density at radius 2 is 1.73 bits per heavy atom. The number of carbonyl (C=O) groups is 2. The predicted octanol–water partition coefficient (Wildman–Crippen LogP) is 5.69. The molecule has 40 heavy (non-hydrogen) atoms. The molecule has 0 N–H and O–H groups in total. The molecule has 0 bridgehead atoms. The number of hydrogen-bond acceptors (Lipinski definition) is 7. The SMILES string of the molecule is COC(=O)Cc1ccc(OS(=O)(=O)C(F)(F)F)c(-c2ccc(C)cc2CN2C(=O)O[C@H](c3ccccc3)[C@@H]2C)c1. The number of amides is 1. The van der Waals surface area contributed by atoms with Crippen LogP contribution in [0.4, 0.5) is 18.0 Å². The molecule has 1 aliphatic heterocycles. The Morgan fingerprint density at radius 1 is 1.02 bits per heavy atom. The standard InChI is InChI=1S/C28H26F3NO7S/c1-17-9-11-22(21(13-17)16-32-18(2)26(38-27(32)34)20-7-5-4-6-8-20)23-14-19(15-25(33)37-3)10-12-24(23)39-40(35,36)28(29,30)31/h4-14,18,26H,15-16H2,1-3H3/t18-,26-/m0/s1. The third kappa shape index (κ3) is 6.06. The quantitative estimate of drug-likeness (QED) is 0.193. The third-order valence-electron chi connectivity index (χ3n) is 6.51. The van der Waals surface area contributed by atoms with E-state index in [1.54, 1.807) is 25.1 Å². The average molecular weight is 578 g/mol. The fraction of sp³-hybridized carbons (Fsp3) is 0.286. The van der Waals surface area contributed by atoms with Crippen LogP contribution in [0.3, 0.4) is 0 Å². The molecule has 212 valence electrons. The van der Waals surface area contributed by atoms with Crippen molar-refractivity contribution in [3.8, 4) is 16.9 Å². The summed E-state index contributed by atoms with van der Waals surface area (Å²) in [7, 11) is -4.81. The lowest BCUT2D eigenvalue weighted by molar-refractivity contribution is -0.139. The summed E-state index contributed by atoms with van der Waals surface area (Å²) < 4.78 is 78.2. The minimum Gasteiger partial charge on any atom is -0.469 e. The van der Waals surface area contributed by atoms with E-state index in [1.807, 2.05) is 37.3 Å². The second-order valence-corrected chi connectivity index (χ2v) is 10.8. The number of halogens is 3. The van der Waals surface area contributed by atoms with Crippen LogP contribution in [0.2, 0.25) is 0 Å². The lowest BCUT2D eigenvalue weighted by Crippen LogP contribution is -2.31. The van der Waals surface area contributed by atoms with Gasteiger partial charge in [0.25, 0.3) is 0 Å². The Morgan fingerprint density at radius 3 is 2.38 bits per heavy atom. The number of rotatable bonds is 8. The van der Waals surface area contributed by atoms with Crippen molar-refractivity contribution in [3.05, 3.63) is 89.0 Å². The molecule has 1 amide bonds. The van der Waals surface area contributed by atoms with Gasteiger partial charge in [0.2, 0.25) is 0 Å². The maximum Gasteiger partial charge on any atom is 0.534 e. The van der Waals surface area contributed by atoms with Gasteiger partial charge in [-0.25, -0.2) is 4.79 Å². The van der Waals surface area contributed by atoms with Crippen molar-refractivity contribution < 1.29 is 44.8 Å². The lowest BCUT2D eigenvalue weighted by atomic mass is 9.94. The Labute approximate surface area is 229 Å². The van der Waals surface area contributed by atoms with Gasteiger partial charge in [-0.3, -0.25) is 9.69 Å². The molecule has 0 radical (unpaired) electrons. The monoisotopic (exact) mass is 577 g/mol. The molecule has 4 rings (SSSR count). The van der Waals surface area contributed by atoms with E-state index in [9.17, 15) is 31.2 Å². The number of hydrogen-bond donors (Lipinski definition) is 0. The normalized spacial score (nSPS) is 17.4. The topological polar surface area (TPSA) is 99.2 Å². The maximum atomic E-state index is 13.2. The third-order valence-corrected chi connectivity index (χ3v) is 7.48. The largest absolute Gasteiger partial charge is 0.534 e. The zero-order valence-electron chi connectivity index (χ0n) is 21.8. The molecule has 0 aromatic heterocycles. The summed E-state index contributed by atoms with van der Waals surface area (Å²) in [5, 5.41) is 0. The van der Waals surface area contributed by atoms with E-state index in [1.165, 1.54) is 24.1 Å². The molecule has 0 saturated carbocycles. The van der Waals surface area contributed by atoms with Gasteiger partial charge in [-0.05, 0) is 48.2 Å². The van der Waals surface area contributed by atoms with Crippen molar-refractivity contribution in [3.63, 3.8) is 0 Å². The van der Waals surface area contributed by atoms with E-state index in [0.29, 0.717) is 16.7 Å². The van der Waals surface area contributed by atoms with Crippen LogP contribution in [0.1, 0.15) is 35.3 Å². The Bertz CT molecular complexity index is 1520. The summed E-state index contributed by atoms with van der Waals surface area (Å²) >= 11 is 0. The van der Waals surface area contributed by atoms with Gasteiger partial charge in [0.05, 0.1) is 26.1 Å². The first-order chi connectivity index (χ1) is 18.8. The van der Waals surface area contributed by atoms with Crippen LogP contribution in [-0.4, -0.2) is 44.0 Å². The highest BCUT2D eigenvalue weighted by atomic mass is 32.2. The van der Waals surface area contributed by atoms with Crippen LogP contribution in [0.5, 0.6) is 5.75 Å². The number of benzene rings is 3. The first kappa shape index (κ1) is 28.9. The minimum atomic E-state index is -6.00. The zero-order chi connectivity index (χ0) is 29.2. The Kier molecular flexibility index (Phi) is 8.10. The molecule has 1 aliphatic rings. The van der Waals surface area contributed by atoms with E-state index in [0.717, 1.165) is 17.2 Å². The van der Waals surface area contributed by atoms with Gasteiger partial charge >= 0.3 is 27.7 Å². The summed E-state index contributed by atoms with van der Waals surface area (Å²) in [6.07, 6.45) is -1.34. The fourth-order valence-electron chi connectivity index (χ4n) is 4.48. The lowest BCUT2D eigenvalue weighted by Gasteiger charge is -2.23. The molecular weight excluding hydrogens is 551 g/mol. The number of nitrogens with zero attached hydrogens (tertiary/aromatic N) is 1. The Hall–Kier alpha value is -4.06. The van der Waals surface area contributed by atoms with Crippen LogP contribution in [0, 0.1) is 6.92 Å². The number of esters is 1. The van der Waals surface area contributed by atoms with Crippen LogP contribution < -0.4 is 4.18 Å². The zero-order valence-corrected chi connectivity index (χ0v) is 22.6. The van der Waals surface area contributed by atoms with Gasteiger partial charge in [0.15, 0.2) is 5.75 Å². The van der Waals surface area contributed by atoms with Crippen LogP contribution >= 0.6 is 0 Å². The first-order valence-corrected chi connectivity index (χ1v) is 13.5. The predicted molar refractivity (Wildman–Crippen MR) is 139 cm³/mol. The van der Waals surface area contributed by atoms with Crippen LogP contribution in [0.25, 0.3) is 11.1 Å². The highest BCUT2D eigenvalue weighted by Crippen LogP contribution is 2.39. The van der Waals surface area contributed by atoms with E-state index >= 15 is 0 Å². The van der Waals surface area contributed by atoms with Gasteiger partial charge in [0, 0.05) is 5.56 Å². The van der Waals surface area contributed by atoms with Crippen molar-refractivity contribution in [1.29, 1.82) is 0 Å². The smallest absolute Gasteiger partial charge is 0.469 e. The van der Waals surface area contributed by atoms with Crippen molar-refractivity contribution in [2.45, 2.75) is 44.5 Å². The van der Waals surface area contributed by atoms with E-state index < -0.39 is 45.6 Å². The highest BCUT2D eigenvalue weighted by molar-refractivity contribution is 7.88. The molecule has 3 aromatic carbocycles. The summed E-state index contributed by atoms with van der Waals surface area (Å²) in [6, 6.07) is 17.5. The van der Waals surface area contributed by atoms with Gasteiger partial charge in [-0.1, -0.05) is 60.2 Å². The highest BCUT2D eigenvalue weighted by Gasteiger charge is 2.49. The molecule has 0 aliphatic carbocycles. The molecular formula is C28H26F3NO7S. The van der Waals surface area contributed by atoms with E-state index in [4.69, 9.17) is 4.74 Å². The average Bonchev–Trinajstić information content (AvgIpc) is 3.18. The summed E-state index contributed by atoms with van der Waals surface area (Å²) in [4.78, 5) is 26.3. The second kappa shape index (κ2) is 11.2. The van der Waals surface area contributed by atoms with Crippen molar-refractivity contribution in [1.82, 2.24) is 4.90 Å². The van der Waals surface area contributed by atoms with Crippen molar-refractivity contribution in [2.75, 3.05) is 7.11 Å². The van der Waals surface area contributed by atoms with E-state index in [-0.39, 0.29) is 18.5 Å². The number of methoxy groups -OCH3 is 1. The minimum absolute atomic E-state index is 0.00698. The molecule has 8 nitrogen and oxygen atoms in total. The maximum absolute atomic E-state index is 13.2. The van der Waals surface area contributed by atoms with Crippen molar-refractivity contribution in [2.24, 2.45) is 0 Å². The number of cyclic esters (lactones) is 1. The molecule has 0 unspecified atom stereocenters. The molecule has 12 heteroatoms. The molecule has 3 aromatic rings. The van der Waals surface area contributed by atoms with Gasteiger partial charge in [0.1, 0.15) is 6.10 Å². The molecule has 2 atom stereocenters. The first-order valence-electron chi connectivity index (χ1n) is 12.1. The molecule has 0 spiro atoms. The van der Waals surface area contributed by atoms with Gasteiger partial charge in [-0.15, -0.1) is 0 Å². The molecule has 1 fully saturated rings. The molecule has 1 saturated heterocycles. The number of aryl methyl sites for hydroxylation is 1. The van der Waals surface area contributed by atoms with E-state index in [2.05, 4.69) is 8.92 Å². The summed E-state index contributed by atoms with van der Waals surface area (Å²) in [6.45, 7) is 3.62. The van der Waals surface area contributed by atoms with Crippen LogP contribution in [0.15, 0.2) is 66.7 Å². The number of carbonyl (C=O) groups excluding carboxylic acids is 2. The van der Waals surface area contributed by atoms with Crippen molar-refractivity contribution >= 4 is 22.2 Å². The fourth-order valence-corrected chi connectivity index (χ4v) is 4.95. The summed E-state index contributed by atoms with van der Waals surface area (Å²) in [5.41, 5.74) is -2.91. The van der Waals surface area contributed by atoms with Crippen LogP contribution in [-0.2, 0) is 37.4 Å². The Balaban J connectivity index is 1.78. The number of alkyl halides is 3. The molecule has 1 heterocycles. The number of ether oxygens (including phenoxy) is 2. The van der Waals surface area contributed by atoms with Gasteiger partial charge in [-0.2, -0.15) is 21.6 Å². The van der Waals surface area contributed by atoms with Gasteiger partial charge < -0.3 is 13.7 Å².